The first kappa shape index (κ1) is 17.3. The molecule has 1 heterocycles. The Kier molecular flexibility index (Phi) is 4.97. The Balaban J connectivity index is 2.09. The van der Waals surface area contributed by atoms with Crippen molar-refractivity contribution in [3.05, 3.63) is 29.3 Å². The summed E-state index contributed by atoms with van der Waals surface area (Å²) < 4.78 is 5.40. The van der Waals surface area contributed by atoms with E-state index >= 15 is 0 Å². The van der Waals surface area contributed by atoms with Crippen LogP contribution in [0.15, 0.2) is 18.2 Å². The molecule has 0 spiro atoms. The maximum absolute atomic E-state index is 12.6. The number of hydrogen-bond donors (Lipinski definition) is 1. The Morgan fingerprint density at radius 3 is 2.61 bits per heavy atom. The summed E-state index contributed by atoms with van der Waals surface area (Å²) in [5, 5.41) is 2.95. The number of nitrogens with one attached hydrogen (secondary N) is 1. The van der Waals surface area contributed by atoms with Crippen molar-refractivity contribution in [3.8, 4) is 0 Å². The van der Waals surface area contributed by atoms with Gasteiger partial charge in [-0.15, -0.1) is 0 Å². The van der Waals surface area contributed by atoms with Crippen LogP contribution in [0.1, 0.15) is 44.7 Å². The molecule has 1 fully saturated rings. The van der Waals surface area contributed by atoms with Crippen molar-refractivity contribution < 1.29 is 14.3 Å². The first-order valence-corrected chi connectivity index (χ1v) is 8.06. The van der Waals surface area contributed by atoms with Gasteiger partial charge in [-0.2, -0.15) is 0 Å². The van der Waals surface area contributed by atoms with Crippen LogP contribution >= 0.6 is 0 Å². The molecule has 23 heavy (non-hydrogen) atoms. The molecule has 1 unspecified atom stereocenters. The Morgan fingerprint density at radius 2 is 1.96 bits per heavy atom. The summed E-state index contributed by atoms with van der Waals surface area (Å²) in [5.41, 5.74) is 2.40. The minimum absolute atomic E-state index is 0.151. The molecule has 1 aliphatic rings. The third kappa shape index (κ3) is 4.24. The molecule has 1 N–H and O–H groups in total. The largest absolute Gasteiger partial charge is 0.444 e. The minimum atomic E-state index is -0.562. The minimum Gasteiger partial charge on any atom is -0.444 e. The summed E-state index contributed by atoms with van der Waals surface area (Å²) in [6.07, 6.45) is 1.05. The van der Waals surface area contributed by atoms with Crippen LogP contribution in [0, 0.1) is 13.8 Å². The van der Waals surface area contributed by atoms with Gasteiger partial charge in [0.15, 0.2) is 0 Å². The van der Waals surface area contributed by atoms with Crippen molar-refractivity contribution in [2.45, 2.75) is 59.1 Å². The van der Waals surface area contributed by atoms with Gasteiger partial charge in [0.05, 0.1) is 0 Å². The first-order valence-electron chi connectivity index (χ1n) is 8.06. The van der Waals surface area contributed by atoms with Gasteiger partial charge in [0, 0.05) is 12.2 Å². The summed E-state index contributed by atoms with van der Waals surface area (Å²) in [7, 11) is 0. The number of rotatable bonds is 2. The lowest BCUT2D eigenvalue weighted by Gasteiger charge is -2.28. The van der Waals surface area contributed by atoms with Crippen molar-refractivity contribution in [2.75, 3.05) is 11.9 Å². The van der Waals surface area contributed by atoms with E-state index in [1.165, 1.54) is 4.90 Å². The topological polar surface area (TPSA) is 58.6 Å². The van der Waals surface area contributed by atoms with Crippen LogP contribution in [-0.2, 0) is 9.53 Å². The smallest absolute Gasteiger partial charge is 0.410 e. The Morgan fingerprint density at radius 1 is 1.26 bits per heavy atom. The van der Waals surface area contributed by atoms with Gasteiger partial charge >= 0.3 is 6.09 Å². The fourth-order valence-corrected chi connectivity index (χ4v) is 2.68. The normalized spacial score (nSPS) is 18.0. The van der Waals surface area contributed by atoms with E-state index in [4.69, 9.17) is 4.74 Å². The maximum atomic E-state index is 12.6. The molecular formula is C18H26N2O3. The van der Waals surface area contributed by atoms with Crippen LogP contribution in [0.2, 0.25) is 0 Å². The van der Waals surface area contributed by atoms with Crippen LogP contribution in [0.3, 0.4) is 0 Å². The molecule has 2 amide bonds. The van der Waals surface area contributed by atoms with E-state index in [1.54, 1.807) is 0 Å². The highest BCUT2D eigenvalue weighted by atomic mass is 16.6. The molecule has 0 saturated carbocycles. The van der Waals surface area contributed by atoms with E-state index in [-0.39, 0.29) is 5.91 Å². The SMILES string of the molecule is Cc1cccc(NC(=O)C2CCCN2C(=O)OC(C)(C)C)c1C. The zero-order valence-corrected chi connectivity index (χ0v) is 14.6. The standard InChI is InChI=1S/C18H26N2O3/c1-12-8-6-9-14(13(12)2)19-16(21)15-10-7-11-20(15)17(22)23-18(3,4)5/h6,8-9,15H,7,10-11H2,1-5H3,(H,19,21). The molecular weight excluding hydrogens is 292 g/mol. The highest BCUT2D eigenvalue weighted by Crippen LogP contribution is 2.24. The predicted octanol–water partition coefficient (Wildman–Crippen LogP) is 3.64. The van der Waals surface area contributed by atoms with E-state index in [0.717, 1.165) is 23.2 Å². The van der Waals surface area contributed by atoms with Gasteiger partial charge in [-0.25, -0.2) is 4.79 Å². The highest BCUT2D eigenvalue weighted by molar-refractivity contribution is 5.97. The van der Waals surface area contributed by atoms with Crippen LogP contribution in [0.25, 0.3) is 0 Å². The monoisotopic (exact) mass is 318 g/mol. The zero-order chi connectivity index (χ0) is 17.2. The Labute approximate surface area is 138 Å². The average Bonchev–Trinajstić information content (AvgIpc) is 2.91. The third-order valence-corrected chi connectivity index (χ3v) is 4.05. The average molecular weight is 318 g/mol. The van der Waals surface area contributed by atoms with Gasteiger partial charge in [-0.05, 0) is 64.7 Å². The van der Waals surface area contributed by atoms with E-state index in [9.17, 15) is 9.59 Å². The molecule has 126 valence electrons. The number of carbonyl (C=O) groups is 2. The highest BCUT2D eigenvalue weighted by Gasteiger charge is 2.36. The number of benzene rings is 1. The molecule has 0 radical (unpaired) electrons. The van der Waals surface area contributed by atoms with E-state index < -0.39 is 17.7 Å². The molecule has 1 atom stereocenters. The second-order valence-corrected chi connectivity index (χ2v) is 7.07. The summed E-state index contributed by atoms with van der Waals surface area (Å²) >= 11 is 0. The number of hydrogen-bond acceptors (Lipinski definition) is 3. The number of amides is 2. The van der Waals surface area contributed by atoms with Crippen molar-refractivity contribution in [3.63, 3.8) is 0 Å². The number of anilines is 1. The number of likely N-dealkylation sites (tertiary alicyclic amines) is 1. The molecule has 1 aromatic rings. The van der Waals surface area contributed by atoms with Crippen molar-refractivity contribution in [1.82, 2.24) is 4.90 Å². The number of nitrogens with zero attached hydrogens (tertiary/aromatic N) is 1. The molecule has 0 bridgehead atoms. The number of ether oxygens (including phenoxy) is 1. The van der Waals surface area contributed by atoms with Crippen molar-refractivity contribution in [2.24, 2.45) is 0 Å². The second kappa shape index (κ2) is 6.60. The lowest BCUT2D eigenvalue weighted by atomic mass is 10.1. The fraction of sp³-hybridized carbons (Fsp3) is 0.556. The Hall–Kier alpha value is -2.04. The quantitative estimate of drug-likeness (QED) is 0.905. The number of carbonyl (C=O) groups excluding carboxylic acids is 2. The van der Waals surface area contributed by atoms with Crippen LogP contribution in [0.5, 0.6) is 0 Å². The lowest BCUT2D eigenvalue weighted by Crippen LogP contribution is -2.45. The molecule has 0 aliphatic carbocycles. The molecule has 5 heteroatoms. The lowest BCUT2D eigenvalue weighted by molar-refractivity contribution is -0.120. The van der Waals surface area contributed by atoms with Gasteiger partial charge in [0.2, 0.25) is 5.91 Å². The summed E-state index contributed by atoms with van der Waals surface area (Å²) in [5.74, 6) is -0.151. The molecule has 1 aliphatic heterocycles. The van der Waals surface area contributed by atoms with Crippen LogP contribution < -0.4 is 5.32 Å². The molecule has 1 saturated heterocycles. The Bertz CT molecular complexity index is 605. The zero-order valence-electron chi connectivity index (χ0n) is 14.6. The van der Waals surface area contributed by atoms with Crippen LogP contribution in [-0.4, -0.2) is 35.1 Å². The summed E-state index contributed by atoms with van der Waals surface area (Å²) in [4.78, 5) is 26.4. The van der Waals surface area contributed by atoms with E-state index in [0.29, 0.717) is 13.0 Å². The van der Waals surface area contributed by atoms with E-state index in [1.807, 2.05) is 52.8 Å². The molecule has 5 nitrogen and oxygen atoms in total. The van der Waals surface area contributed by atoms with Gasteiger partial charge < -0.3 is 10.1 Å². The van der Waals surface area contributed by atoms with Gasteiger partial charge in [0.1, 0.15) is 11.6 Å². The summed E-state index contributed by atoms with van der Waals surface area (Å²) in [6.45, 7) is 10.0. The fourth-order valence-electron chi connectivity index (χ4n) is 2.68. The van der Waals surface area contributed by atoms with E-state index in [2.05, 4.69) is 5.32 Å². The number of aryl methyl sites for hydroxylation is 1. The van der Waals surface area contributed by atoms with Gasteiger partial charge in [0.25, 0.3) is 0 Å². The maximum Gasteiger partial charge on any atom is 0.410 e. The van der Waals surface area contributed by atoms with Gasteiger partial charge in [-0.3, -0.25) is 9.69 Å². The predicted molar refractivity (Wildman–Crippen MR) is 90.5 cm³/mol. The molecule has 2 rings (SSSR count). The first-order chi connectivity index (χ1) is 10.7. The van der Waals surface area contributed by atoms with Gasteiger partial charge in [-0.1, -0.05) is 12.1 Å². The summed E-state index contributed by atoms with van der Waals surface area (Å²) in [6, 6.07) is 5.34. The molecule has 1 aromatic carbocycles. The molecule has 0 aromatic heterocycles. The van der Waals surface area contributed by atoms with Crippen LogP contribution in [0.4, 0.5) is 10.5 Å². The van der Waals surface area contributed by atoms with Crippen molar-refractivity contribution >= 4 is 17.7 Å². The second-order valence-electron chi connectivity index (χ2n) is 7.07. The third-order valence-electron chi connectivity index (χ3n) is 4.05. The van der Waals surface area contributed by atoms with Crippen molar-refractivity contribution in [1.29, 1.82) is 0 Å².